The van der Waals surface area contributed by atoms with Crippen molar-refractivity contribution in [3.8, 4) is 0 Å². The van der Waals surface area contributed by atoms with E-state index < -0.39 is 0 Å². The fraction of sp³-hybridized carbons (Fsp3) is 0.906. The van der Waals surface area contributed by atoms with Crippen molar-refractivity contribution in [3.05, 3.63) is 34.9 Å². The highest BCUT2D eigenvalue weighted by Crippen LogP contribution is 2.45. The summed E-state index contributed by atoms with van der Waals surface area (Å²) < 4.78 is 33.8. The van der Waals surface area contributed by atoms with Gasteiger partial charge < -0.3 is 28.4 Å². The third kappa shape index (κ3) is 27.5. The van der Waals surface area contributed by atoms with E-state index in [0.717, 1.165) is 63.6 Å². The SMILES string of the molecule is CC.CC(C)(C)C1CCOC1.CC(C)(C)C1CCOCC1.CC(C)[C@@H]1C[C@H](C)CCO1.CC1(C)C=C(C(C)(C)C)C(C)(C)O1.CC1(C)C=C(C(C)(C)C)CC(C)(C)O1.C[C@@H]1C=C(C(C)(C)C)C[C@@H](C)O1. The second kappa shape index (κ2) is 28.2. The summed E-state index contributed by atoms with van der Waals surface area (Å²) in [7, 11) is 0. The zero-order valence-corrected chi connectivity index (χ0v) is 52.7. The Morgan fingerprint density at radius 1 is 0.557 bits per heavy atom. The van der Waals surface area contributed by atoms with E-state index in [-0.39, 0.29) is 33.2 Å². The molecule has 6 aliphatic rings. The molecule has 0 saturated carbocycles. The third-order valence-corrected chi connectivity index (χ3v) is 14.4. The van der Waals surface area contributed by atoms with Gasteiger partial charge in [-0.05, 0) is 171 Å². The molecule has 0 aliphatic carbocycles. The van der Waals surface area contributed by atoms with Gasteiger partial charge >= 0.3 is 0 Å². The van der Waals surface area contributed by atoms with E-state index in [9.17, 15) is 0 Å². The average molecular weight is 990 g/mol. The van der Waals surface area contributed by atoms with Gasteiger partial charge in [0, 0.05) is 33.0 Å². The van der Waals surface area contributed by atoms with Crippen LogP contribution < -0.4 is 0 Å². The van der Waals surface area contributed by atoms with Crippen LogP contribution >= 0.6 is 0 Å². The lowest BCUT2D eigenvalue weighted by molar-refractivity contribution is -0.109. The Labute approximate surface area is 438 Å². The highest BCUT2D eigenvalue weighted by atomic mass is 16.5. The Balaban J connectivity index is 0.000000815. The van der Waals surface area contributed by atoms with Gasteiger partial charge in [-0.3, -0.25) is 0 Å². The van der Waals surface area contributed by atoms with Gasteiger partial charge in [-0.1, -0.05) is 168 Å². The molecule has 3 saturated heterocycles. The Morgan fingerprint density at radius 3 is 1.33 bits per heavy atom. The first kappa shape index (κ1) is 69.0. The number of hydrogen-bond acceptors (Lipinski definition) is 6. The maximum Gasteiger partial charge on any atom is 0.0853 e. The summed E-state index contributed by atoms with van der Waals surface area (Å²) in [4.78, 5) is 0. The summed E-state index contributed by atoms with van der Waals surface area (Å²) in [5, 5.41) is 0. The van der Waals surface area contributed by atoms with Crippen LogP contribution in [-0.2, 0) is 28.4 Å². The molecule has 0 spiro atoms. The van der Waals surface area contributed by atoms with Crippen molar-refractivity contribution in [3.63, 3.8) is 0 Å². The minimum absolute atomic E-state index is 0.0269. The molecule has 1 unspecified atom stereocenters. The average Bonchev–Trinajstić information content (AvgIpc) is 3.81. The summed E-state index contributed by atoms with van der Waals surface area (Å²) >= 11 is 0. The Morgan fingerprint density at radius 2 is 1.03 bits per heavy atom. The smallest absolute Gasteiger partial charge is 0.0853 e. The molecule has 70 heavy (non-hydrogen) atoms. The molecule has 0 amide bonds. The van der Waals surface area contributed by atoms with Gasteiger partial charge in [0.05, 0.1) is 40.7 Å². The molecular weight excluding hydrogens is 865 g/mol. The highest BCUT2D eigenvalue weighted by molar-refractivity contribution is 5.29. The van der Waals surface area contributed by atoms with Gasteiger partial charge in [-0.15, -0.1) is 0 Å². The van der Waals surface area contributed by atoms with Gasteiger partial charge in [0.25, 0.3) is 0 Å². The molecule has 6 heteroatoms. The van der Waals surface area contributed by atoms with Gasteiger partial charge in [0.15, 0.2) is 0 Å². The van der Waals surface area contributed by atoms with Crippen LogP contribution in [0.1, 0.15) is 253 Å². The van der Waals surface area contributed by atoms with Gasteiger partial charge in [-0.2, -0.15) is 0 Å². The fourth-order valence-electron chi connectivity index (χ4n) is 10.5. The van der Waals surface area contributed by atoms with Crippen LogP contribution in [-0.4, -0.2) is 73.8 Å². The molecule has 6 rings (SSSR count). The molecule has 0 aromatic carbocycles. The van der Waals surface area contributed by atoms with Crippen molar-refractivity contribution >= 4 is 0 Å². The molecule has 5 atom stereocenters. The summed E-state index contributed by atoms with van der Waals surface area (Å²) in [5.74, 6) is 3.24. The minimum atomic E-state index is -0.121. The molecule has 0 radical (unpaired) electrons. The Bertz CT molecular complexity index is 1540. The first-order chi connectivity index (χ1) is 31.4. The van der Waals surface area contributed by atoms with E-state index in [1.54, 1.807) is 0 Å². The molecule has 416 valence electrons. The topological polar surface area (TPSA) is 55.4 Å². The van der Waals surface area contributed by atoms with Gasteiger partial charge in [0.1, 0.15) is 0 Å². The van der Waals surface area contributed by atoms with E-state index in [2.05, 4.69) is 212 Å². The molecule has 3 fully saturated rings. The predicted octanol–water partition coefficient (Wildman–Crippen LogP) is 18.7. The van der Waals surface area contributed by atoms with E-state index in [1.807, 2.05) is 13.8 Å². The molecule has 0 bridgehead atoms. The predicted molar refractivity (Wildman–Crippen MR) is 306 cm³/mol. The molecule has 0 aromatic rings. The van der Waals surface area contributed by atoms with Gasteiger partial charge in [0.2, 0.25) is 0 Å². The number of hydrogen-bond donors (Lipinski definition) is 0. The maximum atomic E-state index is 6.01. The third-order valence-electron chi connectivity index (χ3n) is 14.4. The summed E-state index contributed by atoms with van der Waals surface area (Å²) in [6.45, 7) is 71.3. The van der Waals surface area contributed by atoms with Crippen LogP contribution in [0.2, 0.25) is 0 Å². The summed E-state index contributed by atoms with van der Waals surface area (Å²) in [5.41, 5.74) is 5.82. The van der Waals surface area contributed by atoms with Crippen LogP contribution in [0, 0.1) is 50.7 Å². The highest BCUT2D eigenvalue weighted by Gasteiger charge is 2.43. The Kier molecular flexibility index (Phi) is 27.8. The second-order valence-electron chi connectivity index (χ2n) is 29.3. The molecule has 0 aromatic heterocycles. The normalized spacial score (nSPS) is 27.5. The largest absolute Gasteiger partial charge is 0.381 e. The van der Waals surface area contributed by atoms with Crippen LogP contribution in [0.25, 0.3) is 0 Å². The maximum absolute atomic E-state index is 6.01. The standard InChI is InChI=1S/C13H24O.C12H22O.C11H20O.2C9H18O.C8H16O.C2H6/c1-11(2,3)10-8-12(4,5)14-13(6,7)9-10;1-10(2,3)9-8-11(4,5)13-12(9,6)7;1-8-6-10(11(3,4)5)7-9(2)12-8;1-9(2,3)8-4-6-10-7-5-8;1-7(2)9-6-8(3)4-5-10-9;1-8(2,3)7-4-5-9-6-7;1-2/h8H,9H2,1-7H3;8H,1-7H3;6,8-9H,7H2,1-5H3;8H,4-7H2,1-3H3;7-9H,4-6H2,1-3H3;7H,4-6H2,1-3H3;1-2H3/t;;8-,9-;;8-,9+;;/m..1.1../s1. The van der Waals surface area contributed by atoms with E-state index in [4.69, 9.17) is 28.4 Å². The lowest BCUT2D eigenvalue weighted by atomic mass is 9.76. The summed E-state index contributed by atoms with van der Waals surface area (Å²) in [6.07, 6.45) is 16.4. The molecule has 6 aliphatic heterocycles. The monoisotopic (exact) mass is 989 g/mol. The zero-order chi connectivity index (χ0) is 55.1. The molecule has 0 N–H and O–H groups in total. The lowest BCUT2D eigenvalue weighted by Gasteiger charge is -2.43. The van der Waals surface area contributed by atoms with Gasteiger partial charge in [-0.25, -0.2) is 0 Å². The van der Waals surface area contributed by atoms with Crippen LogP contribution in [0.3, 0.4) is 0 Å². The Hall–Kier alpha value is -1.02. The van der Waals surface area contributed by atoms with Crippen molar-refractivity contribution in [2.45, 2.75) is 293 Å². The second-order valence-corrected chi connectivity index (χ2v) is 29.3. The molecular formula is C64H124O6. The number of ether oxygens (including phenoxy) is 6. The quantitative estimate of drug-likeness (QED) is 0.244. The first-order valence-electron chi connectivity index (χ1n) is 28.4. The van der Waals surface area contributed by atoms with Crippen LogP contribution in [0.15, 0.2) is 34.9 Å². The van der Waals surface area contributed by atoms with E-state index in [1.165, 1.54) is 48.8 Å². The molecule has 6 heterocycles. The minimum Gasteiger partial charge on any atom is -0.381 e. The molecule has 6 nitrogen and oxygen atoms in total. The summed E-state index contributed by atoms with van der Waals surface area (Å²) in [6, 6.07) is 0. The number of rotatable bonds is 1. The van der Waals surface area contributed by atoms with Crippen molar-refractivity contribution < 1.29 is 28.4 Å². The fourth-order valence-corrected chi connectivity index (χ4v) is 10.5. The van der Waals surface area contributed by atoms with Crippen molar-refractivity contribution in [1.29, 1.82) is 0 Å². The van der Waals surface area contributed by atoms with Crippen molar-refractivity contribution in [2.75, 3.05) is 33.0 Å². The van der Waals surface area contributed by atoms with Crippen molar-refractivity contribution in [2.24, 2.45) is 50.7 Å². The van der Waals surface area contributed by atoms with Crippen LogP contribution in [0.4, 0.5) is 0 Å². The van der Waals surface area contributed by atoms with Crippen LogP contribution in [0.5, 0.6) is 0 Å². The van der Waals surface area contributed by atoms with E-state index >= 15 is 0 Å². The van der Waals surface area contributed by atoms with Crippen molar-refractivity contribution in [1.82, 2.24) is 0 Å². The van der Waals surface area contributed by atoms with E-state index in [0.29, 0.717) is 40.5 Å². The first-order valence-corrected chi connectivity index (χ1v) is 28.4. The zero-order valence-electron chi connectivity index (χ0n) is 52.7. The lowest BCUT2D eigenvalue weighted by Crippen LogP contribution is -2.41.